The maximum atomic E-state index is 12.0. The van der Waals surface area contributed by atoms with Crippen molar-refractivity contribution in [2.24, 2.45) is 11.1 Å². The van der Waals surface area contributed by atoms with Gasteiger partial charge in [0.05, 0.1) is 17.9 Å². The Labute approximate surface area is 96.2 Å². The molecule has 0 radical (unpaired) electrons. The van der Waals surface area contributed by atoms with E-state index in [-0.39, 0.29) is 5.91 Å². The molecular formula is C12H20N2O2. The van der Waals surface area contributed by atoms with Gasteiger partial charge in [-0.3, -0.25) is 4.79 Å². The van der Waals surface area contributed by atoms with E-state index in [9.17, 15) is 4.79 Å². The monoisotopic (exact) mass is 224 g/mol. The van der Waals surface area contributed by atoms with Crippen LogP contribution < -0.4 is 11.1 Å². The predicted molar refractivity (Wildman–Crippen MR) is 62.6 cm³/mol. The van der Waals surface area contributed by atoms with Gasteiger partial charge in [-0.15, -0.1) is 0 Å². The Morgan fingerprint density at radius 2 is 2.19 bits per heavy atom. The van der Waals surface area contributed by atoms with Crippen LogP contribution in [0.3, 0.4) is 0 Å². The molecule has 1 amide bonds. The van der Waals surface area contributed by atoms with E-state index >= 15 is 0 Å². The SMILES string of the molecule is CCC(CC)(CN)C(=O)NCc1ccoc1. The summed E-state index contributed by atoms with van der Waals surface area (Å²) in [4.78, 5) is 12.0. The average molecular weight is 224 g/mol. The van der Waals surface area contributed by atoms with Gasteiger partial charge >= 0.3 is 0 Å². The number of hydrogen-bond donors (Lipinski definition) is 2. The number of nitrogens with one attached hydrogen (secondary N) is 1. The Morgan fingerprint density at radius 3 is 2.62 bits per heavy atom. The Bertz CT molecular complexity index is 308. The van der Waals surface area contributed by atoms with E-state index in [4.69, 9.17) is 10.2 Å². The normalized spacial score (nSPS) is 11.4. The Hall–Kier alpha value is -1.29. The summed E-state index contributed by atoms with van der Waals surface area (Å²) in [6.07, 6.45) is 4.74. The second-order valence-corrected chi connectivity index (χ2v) is 4.01. The quantitative estimate of drug-likeness (QED) is 0.772. The van der Waals surface area contributed by atoms with E-state index in [1.54, 1.807) is 12.5 Å². The van der Waals surface area contributed by atoms with Gasteiger partial charge in [0.2, 0.25) is 5.91 Å². The average Bonchev–Trinajstić information content (AvgIpc) is 2.82. The van der Waals surface area contributed by atoms with E-state index in [2.05, 4.69) is 5.32 Å². The van der Waals surface area contributed by atoms with Gasteiger partial charge in [-0.25, -0.2) is 0 Å². The Kier molecular flexibility index (Phi) is 4.55. The Balaban J connectivity index is 2.56. The molecule has 0 unspecified atom stereocenters. The van der Waals surface area contributed by atoms with Gasteiger partial charge in [0.1, 0.15) is 0 Å². The first-order valence-corrected chi connectivity index (χ1v) is 5.68. The highest BCUT2D eigenvalue weighted by Gasteiger charge is 2.32. The lowest BCUT2D eigenvalue weighted by molar-refractivity contribution is -0.131. The first kappa shape index (κ1) is 12.8. The second kappa shape index (κ2) is 5.70. The summed E-state index contributed by atoms with van der Waals surface area (Å²) in [7, 11) is 0. The standard InChI is InChI=1S/C12H20N2O2/c1-3-12(4-2,9-13)11(15)14-7-10-5-6-16-8-10/h5-6,8H,3-4,7,9,13H2,1-2H3,(H,14,15). The van der Waals surface area contributed by atoms with Crippen LogP contribution >= 0.6 is 0 Å². The highest BCUT2D eigenvalue weighted by Crippen LogP contribution is 2.25. The zero-order chi connectivity index (χ0) is 12.0. The van der Waals surface area contributed by atoms with Crippen molar-refractivity contribution in [1.82, 2.24) is 5.32 Å². The highest BCUT2D eigenvalue weighted by molar-refractivity contribution is 5.82. The van der Waals surface area contributed by atoms with Crippen molar-refractivity contribution in [3.05, 3.63) is 24.2 Å². The zero-order valence-corrected chi connectivity index (χ0v) is 9.95. The van der Waals surface area contributed by atoms with E-state index < -0.39 is 5.41 Å². The third-order valence-corrected chi connectivity index (χ3v) is 3.26. The number of nitrogens with two attached hydrogens (primary N) is 1. The molecule has 0 bridgehead atoms. The summed E-state index contributed by atoms with van der Waals surface area (Å²) < 4.78 is 4.94. The lowest BCUT2D eigenvalue weighted by atomic mass is 9.81. The minimum atomic E-state index is -0.427. The van der Waals surface area contributed by atoms with E-state index in [1.807, 2.05) is 19.9 Å². The molecule has 0 saturated heterocycles. The van der Waals surface area contributed by atoms with Crippen LogP contribution in [0, 0.1) is 5.41 Å². The summed E-state index contributed by atoms with van der Waals surface area (Å²) in [5.74, 6) is 0.0289. The molecule has 4 nitrogen and oxygen atoms in total. The summed E-state index contributed by atoms with van der Waals surface area (Å²) in [5.41, 5.74) is 6.24. The largest absolute Gasteiger partial charge is 0.472 e. The van der Waals surface area contributed by atoms with Gasteiger partial charge in [0.15, 0.2) is 0 Å². The van der Waals surface area contributed by atoms with Crippen LogP contribution in [0.2, 0.25) is 0 Å². The third-order valence-electron chi connectivity index (χ3n) is 3.26. The predicted octanol–water partition coefficient (Wildman–Crippen LogP) is 1.66. The molecule has 0 aliphatic carbocycles. The van der Waals surface area contributed by atoms with Gasteiger partial charge in [-0.05, 0) is 18.9 Å². The van der Waals surface area contributed by atoms with Crippen molar-refractivity contribution in [2.75, 3.05) is 6.54 Å². The lowest BCUT2D eigenvalue weighted by Gasteiger charge is -2.28. The summed E-state index contributed by atoms with van der Waals surface area (Å²) in [6, 6.07) is 1.84. The van der Waals surface area contributed by atoms with Crippen molar-refractivity contribution in [2.45, 2.75) is 33.2 Å². The van der Waals surface area contributed by atoms with Crippen molar-refractivity contribution in [1.29, 1.82) is 0 Å². The number of rotatable bonds is 6. The molecule has 1 rings (SSSR count). The molecule has 0 atom stereocenters. The fourth-order valence-corrected chi connectivity index (χ4v) is 1.72. The van der Waals surface area contributed by atoms with Gasteiger partial charge in [-0.1, -0.05) is 13.8 Å². The molecule has 1 heterocycles. The molecule has 4 heteroatoms. The number of carbonyl (C=O) groups excluding carboxylic acids is 1. The molecule has 1 aromatic rings. The summed E-state index contributed by atoms with van der Waals surface area (Å²) in [6.45, 7) is 4.87. The van der Waals surface area contributed by atoms with Crippen LogP contribution in [0.25, 0.3) is 0 Å². The first-order chi connectivity index (χ1) is 7.68. The topological polar surface area (TPSA) is 68.3 Å². The number of furan rings is 1. The molecule has 0 aromatic carbocycles. The number of carbonyl (C=O) groups is 1. The molecule has 90 valence electrons. The maximum Gasteiger partial charge on any atom is 0.227 e. The van der Waals surface area contributed by atoms with Crippen molar-refractivity contribution in [3.8, 4) is 0 Å². The van der Waals surface area contributed by atoms with Crippen LogP contribution in [-0.4, -0.2) is 12.5 Å². The number of hydrogen-bond acceptors (Lipinski definition) is 3. The molecule has 0 aliphatic rings. The fourth-order valence-electron chi connectivity index (χ4n) is 1.72. The van der Waals surface area contributed by atoms with Crippen LogP contribution in [0.4, 0.5) is 0 Å². The van der Waals surface area contributed by atoms with Gasteiger partial charge in [0, 0.05) is 18.7 Å². The van der Waals surface area contributed by atoms with Crippen molar-refractivity contribution in [3.63, 3.8) is 0 Å². The molecule has 3 N–H and O–H groups in total. The van der Waals surface area contributed by atoms with Crippen LogP contribution in [0.15, 0.2) is 23.0 Å². The summed E-state index contributed by atoms with van der Waals surface area (Å²) in [5, 5.41) is 2.90. The van der Waals surface area contributed by atoms with Gasteiger partial charge in [-0.2, -0.15) is 0 Å². The smallest absolute Gasteiger partial charge is 0.227 e. The maximum absolute atomic E-state index is 12.0. The zero-order valence-electron chi connectivity index (χ0n) is 9.95. The van der Waals surface area contributed by atoms with Crippen molar-refractivity contribution < 1.29 is 9.21 Å². The fraction of sp³-hybridized carbons (Fsp3) is 0.583. The minimum Gasteiger partial charge on any atom is -0.472 e. The van der Waals surface area contributed by atoms with Gasteiger partial charge < -0.3 is 15.5 Å². The molecule has 0 saturated carbocycles. The molecule has 0 aliphatic heterocycles. The van der Waals surface area contributed by atoms with E-state index in [1.165, 1.54) is 0 Å². The minimum absolute atomic E-state index is 0.0289. The molecular weight excluding hydrogens is 204 g/mol. The molecule has 0 spiro atoms. The van der Waals surface area contributed by atoms with Gasteiger partial charge in [0.25, 0.3) is 0 Å². The second-order valence-electron chi connectivity index (χ2n) is 4.01. The van der Waals surface area contributed by atoms with Crippen LogP contribution in [0.5, 0.6) is 0 Å². The first-order valence-electron chi connectivity index (χ1n) is 5.68. The molecule has 16 heavy (non-hydrogen) atoms. The Morgan fingerprint density at radius 1 is 1.50 bits per heavy atom. The molecule has 1 aromatic heterocycles. The van der Waals surface area contributed by atoms with Crippen LogP contribution in [-0.2, 0) is 11.3 Å². The van der Waals surface area contributed by atoms with E-state index in [0.717, 1.165) is 18.4 Å². The van der Waals surface area contributed by atoms with Crippen molar-refractivity contribution >= 4 is 5.91 Å². The third kappa shape index (κ3) is 2.64. The highest BCUT2D eigenvalue weighted by atomic mass is 16.3. The van der Waals surface area contributed by atoms with Crippen LogP contribution in [0.1, 0.15) is 32.3 Å². The lowest BCUT2D eigenvalue weighted by Crippen LogP contribution is -2.44. The summed E-state index contributed by atoms with van der Waals surface area (Å²) >= 11 is 0. The van der Waals surface area contributed by atoms with E-state index in [0.29, 0.717) is 13.1 Å². The molecule has 0 fully saturated rings. The number of amides is 1.